The molecule has 16 heavy (non-hydrogen) atoms. The Bertz CT molecular complexity index is 474. The lowest BCUT2D eigenvalue weighted by Crippen LogP contribution is -2.27. The van der Waals surface area contributed by atoms with E-state index in [9.17, 15) is 8.42 Å². The Morgan fingerprint density at radius 3 is 2.81 bits per heavy atom. The van der Waals surface area contributed by atoms with Gasteiger partial charge in [-0.25, -0.2) is 13.4 Å². The summed E-state index contributed by atoms with van der Waals surface area (Å²) in [5, 5.41) is 0. The number of nitrogens with zero attached hydrogens (tertiary/aromatic N) is 3. The highest BCUT2D eigenvalue weighted by molar-refractivity contribution is 7.91. The zero-order valence-electron chi connectivity index (χ0n) is 8.83. The van der Waals surface area contributed by atoms with Crippen LogP contribution < -0.4 is 10.6 Å². The molecule has 6 nitrogen and oxygen atoms in total. The number of aromatic nitrogens is 2. The van der Waals surface area contributed by atoms with E-state index >= 15 is 0 Å². The van der Waals surface area contributed by atoms with Crippen LogP contribution in [0, 0.1) is 0 Å². The Kier molecular flexibility index (Phi) is 2.95. The molecular weight excluding hydrogens is 228 g/mol. The van der Waals surface area contributed by atoms with Gasteiger partial charge >= 0.3 is 0 Å². The minimum absolute atomic E-state index is 0.170. The highest BCUT2D eigenvalue weighted by atomic mass is 32.2. The quantitative estimate of drug-likeness (QED) is 0.726. The number of rotatable bonds is 1. The molecule has 88 valence electrons. The van der Waals surface area contributed by atoms with Crippen LogP contribution in [0.3, 0.4) is 0 Å². The lowest BCUT2D eigenvalue weighted by atomic mass is 10.4. The highest BCUT2D eigenvalue weighted by Gasteiger charge is 2.20. The maximum absolute atomic E-state index is 11.4. The van der Waals surface area contributed by atoms with Crippen molar-refractivity contribution in [1.29, 1.82) is 0 Å². The molecule has 0 bridgehead atoms. The molecule has 0 spiro atoms. The molecule has 0 atom stereocenters. The van der Waals surface area contributed by atoms with E-state index in [2.05, 4.69) is 9.97 Å². The van der Waals surface area contributed by atoms with Crippen LogP contribution in [-0.2, 0) is 9.84 Å². The number of nitrogens with two attached hydrogens (primary N) is 1. The Balaban J connectivity index is 2.17. The first-order valence-electron chi connectivity index (χ1n) is 5.10. The smallest absolute Gasteiger partial charge is 0.152 e. The number of nitrogen functional groups attached to an aromatic ring is 1. The average Bonchev–Trinajstić information content (AvgIpc) is 2.39. The van der Waals surface area contributed by atoms with Crippen molar-refractivity contribution in [3.63, 3.8) is 0 Å². The Morgan fingerprint density at radius 1 is 1.25 bits per heavy atom. The molecule has 1 aromatic heterocycles. The van der Waals surface area contributed by atoms with Crippen LogP contribution in [0.25, 0.3) is 0 Å². The van der Waals surface area contributed by atoms with Gasteiger partial charge in [0.15, 0.2) is 9.84 Å². The van der Waals surface area contributed by atoms with Crippen LogP contribution in [0.4, 0.5) is 11.6 Å². The largest absolute Gasteiger partial charge is 0.382 e. The SMILES string of the molecule is Nc1cncc(N2CCCS(=O)(=O)CC2)n1. The van der Waals surface area contributed by atoms with Crippen molar-refractivity contribution >= 4 is 21.5 Å². The molecule has 2 heterocycles. The third-order valence-electron chi connectivity index (χ3n) is 2.52. The summed E-state index contributed by atoms with van der Waals surface area (Å²) in [4.78, 5) is 9.99. The lowest BCUT2D eigenvalue weighted by molar-refractivity contribution is 0.597. The van der Waals surface area contributed by atoms with Gasteiger partial charge < -0.3 is 10.6 Å². The van der Waals surface area contributed by atoms with E-state index in [1.807, 2.05) is 4.90 Å². The summed E-state index contributed by atoms with van der Waals surface area (Å²) in [7, 11) is -2.89. The van der Waals surface area contributed by atoms with Crippen LogP contribution in [0.15, 0.2) is 12.4 Å². The van der Waals surface area contributed by atoms with Crippen LogP contribution in [0.2, 0.25) is 0 Å². The third kappa shape index (κ3) is 2.60. The summed E-state index contributed by atoms with van der Waals surface area (Å²) < 4.78 is 22.9. The molecule has 7 heteroatoms. The standard InChI is InChI=1S/C9H14N4O2S/c10-8-6-11-7-9(12-8)13-2-1-4-16(14,15)5-3-13/h6-7H,1-5H2,(H2,10,12). The molecule has 2 rings (SSSR count). The van der Waals surface area contributed by atoms with Crippen LogP contribution in [0.1, 0.15) is 6.42 Å². The molecule has 0 amide bonds. The molecule has 1 aromatic rings. The summed E-state index contributed by atoms with van der Waals surface area (Å²) in [5.41, 5.74) is 5.54. The molecule has 1 aliphatic heterocycles. The van der Waals surface area contributed by atoms with Crippen molar-refractivity contribution in [2.45, 2.75) is 6.42 Å². The predicted molar refractivity (Wildman–Crippen MR) is 61.9 cm³/mol. The minimum Gasteiger partial charge on any atom is -0.382 e. The minimum atomic E-state index is -2.89. The van der Waals surface area contributed by atoms with E-state index in [1.54, 1.807) is 6.20 Å². The van der Waals surface area contributed by atoms with Crippen LogP contribution in [-0.4, -0.2) is 43.0 Å². The van der Waals surface area contributed by atoms with E-state index < -0.39 is 9.84 Å². The van der Waals surface area contributed by atoms with Gasteiger partial charge in [0, 0.05) is 13.1 Å². The number of sulfone groups is 1. The maximum atomic E-state index is 11.4. The van der Waals surface area contributed by atoms with E-state index in [4.69, 9.17) is 5.73 Å². The molecular formula is C9H14N4O2S. The van der Waals surface area contributed by atoms with Gasteiger partial charge in [-0.15, -0.1) is 0 Å². The first-order valence-corrected chi connectivity index (χ1v) is 6.92. The molecule has 0 saturated carbocycles. The summed E-state index contributed by atoms with van der Waals surface area (Å²) in [5.74, 6) is 1.42. The molecule has 1 saturated heterocycles. The fraction of sp³-hybridized carbons (Fsp3) is 0.556. The van der Waals surface area contributed by atoms with Crippen molar-refractivity contribution in [2.24, 2.45) is 0 Å². The molecule has 0 unspecified atom stereocenters. The van der Waals surface area contributed by atoms with Gasteiger partial charge in [-0.1, -0.05) is 0 Å². The second kappa shape index (κ2) is 4.25. The Hall–Kier alpha value is -1.37. The van der Waals surface area contributed by atoms with E-state index in [1.165, 1.54) is 6.20 Å². The van der Waals surface area contributed by atoms with Crippen molar-refractivity contribution in [3.8, 4) is 0 Å². The van der Waals surface area contributed by atoms with Gasteiger partial charge in [0.2, 0.25) is 0 Å². The van der Waals surface area contributed by atoms with Crippen molar-refractivity contribution in [3.05, 3.63) is 12.4 Å². The van der Waals surface area contributed by atoms with Crippen LogP contribution >= 0.6 is 0 Å². The lowest BCUT2D eigenvalue weighted by Gasteiger charge is -2.20. The van der Waals surface area contributed by atoms with Gasteiger partial charge in [0.05, 0.1) is 23.9 Å². The second-order valence-corrected chi connectivity index (χ2v) is 6.10. The van der Waals surface area contributed by atoms with E-state index in [0.29, 0.717) is 31.1 Å². The fourth-order valence-corrected chi connectivity index (χ4v) is 2.96. The molecule has 1 fully saturated rings. The normalized spacial score (nSPS) is 20.4. The summed E-state index contributed by atoms with van der Waals surface area (Å²) in [6, 6.07) is 0. The fourth-order valence-electron chi connectivity index (χ4n) is 1.69. The van der Waals surface area contributed by atoms with Gasteiger partial charge in [-0.05, 0) is 6.42 Å². The van der Waals surface area contributed by atoms with E-state index in [-0.39, 0.29) is 11.5 Å². The van der Waals surface area contributed by atoms with Gasteiger partial charge in [-0.3, -0.25) is 4.98 Å². The van der Waals surface area contributed by atoms with Crippen LogP contribution in [0.5, 0.6) is 0 Å². The zero-order valence-corrected chi connectivity index (χ0v) is 9.65. The van der Waals surface area contributed by atoms with Gasteiger partial charge in [0.1, 0.15) is 11.6 Å². The molecule has 1 aliphatic rings. The Labute approximate surface area is 94.4 Å². The molecule has 0 aliphatic carbocycles. The second-order valence-electron chi connectivity index (χ2n) is 3.79. The first kappa shape index (κ1) is 11.1. The summed E-state index contributed by atoms with van der Waals surface area (Å²) >= 11 is 0. The number of anilines is 2. The molecule has 2 N–H and O–H groups in total. The third-order valence-corrected chi connectivity index (χ3v) is 4.24. The van der Waals surface area contributed by atoms with Gasteiger partial charge in [0.25, 0.3) is 0 Å². The van der Waals surface area contributed by atoms with Crippen molar-refractivity contribution < 1.29 is 8.42 Å². The average molecular weight is 242 g/mol. The maximum Gasteiger partial charge on any atom is 0.152 e. The van der Waals surface area contributed by atoms with E-state index in [0.717, 1.165) is 0 Å². The van der Waals surface area contributed by atoms with Crippen molar-refractivity contribution in [2.75, 3.05) is 35.2 Å². The summed E-state index contributed by atoms with van der Waals surface area (Å²) in [6.45, 7) is 1.14. The number of hydrogen-bond donors (Lipinski definition) is 1. The Morgan fingerprint density at radius 2 is 2.06 bits per heavy atom. The zero-order chi connectivity index (χ0) is 11.6. The molecule has 0 aromatic carbocycles. The number of hydrogen-bond acceptors (Lipinski definition) is 6. The predicted octanol–water partition coefficient (Wildman–Crippen LogP) is -0.316. The highest BCUT2D eigenvalue weighted by Crippen LogP contribution is 2.14. The first-order chi connectivity index (χ1) is 7.57. The topological polar surface area (TPSA) is 89.2 Å². The monoisotopic (exact) mass is 242 g/mol. The summed E-state index contributed by atoms with van der Waals surface area (Å²) in [6.07, 6.45) is 3.70. The van der Waals surface area contributed by atoms with Gasteiger partial charge in [-0.2, -0.15) is 0 Å². The molecule has 0 radical (unpaired) electrons. The van der Waals surface area contributed by atoms with Crippen molar-refractivity contribution in [1.82, 2.24) is 9.97 Å².